The molecule has 0 N–H and O–H groups in total. The number of amides is 1. The second kappa shape index (κ2) is 8.78. The molecule has 0 bridgehead atoms. The largest absolute Gasteiger partial charge is 0.368 e. The van der Waals surface area contributed by atoms with Gasteiger partial charge in [-0.1, -0.05) is 17.7 Å². The van der Waals surface area contributed by atoms with Crippen LogP contribution in [0.5, 0.6) is 0 Å². The predicted molar refractivity (Wildman–Crippen MR) is 112 cm³/mol. The molecule has 2 aromatic rings. The summed E-state index contributed by atoms with van der Waals surface area (Å²) in [7, 11) is 0. The van der Waals surface area contributed by atoms with Crippen LogP contribution in [0.15, 0.2) is 42.7 Å². The number of ether oxygens (including phenoxy) is 1. The zero-order chi connectivity index (χ0) is 20.3. The van der Waals surface area contributed by atoms with E-state index in [0.717, 1.165) is 49.6 Å². The zero-order valence-electron chi connectivity index (χ0n) is 16.8. The minimum atomic E-state index is -0.263. The molecule has 1 unspecified atom stereocenters. The minimum absolute atomic E-state index is 0.00708. The van der Waals surface area contributed by atoms with Gasteiger partial charge >= 0.3 is 0 Å². The van der Waals surface area contributed by atoms with E-state index in [-0.39, 0.29) is 17.6 Å². The molecule has 1 spiro atoms. The summed E-state index contributed by atoms with van der Waals surface area (Å²) < 4.78 is 6.39. The van der Waals surface area contributed by atoms with Crippen LogP contribution in [0.3, 0.4) is 0 Å². The predicted octanol–water partition coefficient (Wildman–Crippen LogP) is 3.07. The quantitative estimate of drug-likeness (QED) is 0.769. The molecule has 2 aliphatic heterocycles. The number of nitrogens with zero attached hydrogens (tertiary/aromatic N) is 4. The van der Waals surface area contributed by atoms with Gasteiger partial charge in [0, 0.05) is 45.0 Å². The second-order valence-corrected chi connectivity index (χ2v) is 8.44. The summed E-state index contributed by atoms with van der Waals surface area (Å²) in [5.74, 6) is -0.00708. The Hall–Kier alpha value is -2.02. The number of rotatable bonds is 4. The number of aromatic nitrogens is 2. The first-order valence-corrected chi connectivity index (χ1v) is 10.6. The molecular weight excluding hydrogens is 388 g/mol. The molecule has 0 saturated carbocycles. The van der Waals surface area contributed by atoms with Crippen LogP contribution in [-0.4, -0.2) is 70.1 Å². The summed E-state index contributed by atoms with van der Waals surface area (Å²) in [6, 6.07) is 9.20. The fourth-order valence-corrected chi connectivity index (χ4v) is 4.57. The normalized spacial score (nSPS) is 22.0. The fourth-order valence-electron chi connectivity index (χ4n) is 4.36. The fraction of sp³-hybridized carbons (Fsp3) is 0.500. The summed E-state index contributed by atoms with van der Waals surface area (Å²) in [6.07, 6.45) is 6.15. The molecule has 0 radical (unpaired) electrons. The van der Waals surface area contributed by atoms with Crippen molar-refractivity contribution in [3.63, 3.8) is 0 Å². The highest BCUT2D eigenvalue weighted by molar-refractivity contribution is 6.31. The lowest BCUT2D eigenvalue weighted by molar-refractivity contribution is -0.161. The van der Waals surface area contributed by atoms with Gasteiger partial charge in [0.05, 0.1) is 29.0 Å². The molecule has 1 atom stereocenters. The van der Waals surface area contributed by atoms with E-state index in [2.05, 4.69) is 21.8 Å². The van der Waals surface area contributed by atoms with Crippen LogP contribution >= 0.6 is 11.6 Å². The van der Waals surface area contributed by atoms with Gasteiger partial charge in [0.15, 0.2) is 0 Å². The smallest absolute Gasteiger partial charge is 0.272 e. The summed E-state index contributed by atoms with van der Waals surface area (Å²) in [5, 5.41) is 0.731. The number of pyridine rings is 2. The van der Waals surface area contributed by atoms with Crippen LogP contribution in [0.1, 0.15) is 35.9 Å². The number of halogens is 1. The van der Waals surface area contributed by atoms with Gasteiger partial charge in [0.1, 0.15) is 5.69 Å². The van der Waals surface area contributed by atoms with Crippen LogP contribution in [0.2, 0.25) is 5.02 Å². The second-order valence-electron chi connectivity index (χ2n) is 8.04. The Labute approximate surface area is 176 Å². The van der Waals surface area contributed by atoms with Crippen molar-refractivity contribution in [1.82, 2.24) is 19.8 Å². The van der Waals surface area contributed by atoms with E-state index in [0.29, 0.717) is 18.8 Å². The van der Waals surface area contributed by atoms with E-state index in [1.54, 1.807) is 18.5 Å². The third kappa shape index (κ3) is 4.77. The van der Waals surface area contributed by atoms with Crippen molar-refractivity contribution in [3.05, 3.63) is 59.1 Å². The van der Waals surface area contributed by atoms with E-state index < -0.39 is 0 Å². The van der Waals surface area contributed by atoms with Crippen molar-refractivity contribution >= 4 is 17.5 Å². The van der Waals surface area contributed by atoms with E-state index in [1.165, 1.54) is 0 Å². The van der Waals surface area contributed by atoms with Gasteiger partial charge in [-0.25, -0.2) is 0 Å². The SMILES string of the molecule is CC1CN(C(=O)c2ccccn2)CC2(CCN(CCc3ncccc3Cl)CC2)O1. The van der Waals surface area contributed by atoms with Crippen molar-refractivity contribution in [1.29, 1.82) is 0 Å². The number of carbonyl (C=O) groups excluding carboxylic acids is 1. The third-order valence-corrected chi connectivity index (χ3v) is 6.19. The van der Waals surface area contributed by atoms with Gasteiger partial charge in [-0.15, -0.1) is 0 Å². The topological polar surface area (TPSA) is 58.6 Å². The Balaban J connectivity index is 1.35. The van der Waals surface area contributed by atoms with E-state index in [9.17, 15) is 4.79 Å². The Morgan fingerprint density at radius 1 is 1.21 bits per heavy atom. The average Bonchev–Trinajstić information content (AvgIpc) is 2.74. The Kier molecular flexibility index (Phi) is 6.13. The molecule has 6 nitrogen and oxygen atoms in total. The monoisotopic (exact) mass is 414 g/mol. The molecular formula is C22H27ClN4O2. The first kappa shape index (κ1) is 20.3. The highest BCUT2D eigenvalue weighted by Crippen LogP contribution is 2.33. The lowest BCUT2D eigenvalue weighted by Gasteiger charge is -2.49. The molecule has 2 saturated heterocycles. The molecule has 2 aromatic heterocycles. The van der Waals surface area contributed by atoms with E-state index >= 15 is 0 Å². The van der Waals surface area contributed by atoms with Crippen LogP contribution in [-0.2, 0) is 11.2 Å². The van der Waals surface area contributed by atoms with Crippen molar-refractivity contribution < 1.29 is 9.53 Å². The number of likely N-dealkylation sites (tertiary alicyclic amines) is 1. The van der Waals surface area contributed by atoms with Crippen molar-refractivity contribution in [3.8, 4) is 0 Å². The summed E-state index contributed by atoms with van der Waals surface area (Å²) in [5.41, 5.74) is 1.19. The molecule has 154 valence electrons. The van der Waals surface area contributed by atoms with E-state index in [1.807, 2.05) is 29.2 Å². The number of carbonyl (C=O) groups is 1. The van der Waals surface area contributed by atoms with Crippen LogP contribution in [0, 0.1) is 0 Å². The highest BCUT2D eigenvalue weighted by atomic mass is 35.5. The van der Waals surface area contributed by atoms with Crippen molar-refractivity contribution in [2.75, 3.05) is 32.7 Å². The first-order chi connectivity index (χ1) is 14.0. The van der Waals surface area contributed by atoms with Gasteiger partial charge < -0.3 is 14.5 Å². The maximum absolute atomic E-state index is 12.9. The number of hydrogen-bond acceptors (Lipinski definition) is 5. The molecule has 7 heteroatoms. The Bertz CT molecular complexity index is 840. The Morgan fingerprint density at radius 3 is 2.72 bits per heavy atom. The minimum Gasteiger partial charge on any atom is -0.368 e. The molecule has 2 aliphatic rings. The van der Waals surface area contributed by atoms with Crippen LogP contribution < -0.4 is 0 Å². The van der Waals surface area contributed by atoms with Crippen molar-refractivity contribution in [2.24, 2.45) is 0 Å². The average molecular weight is 415 g/mol. The van der Waals surface area contributed by atoms with Gasteiger partial charge in [-0.05, 0) is 44.0 Å². The van der Waals surface area contributed by atoms with E-state index in [4.69, 9.17) is 16.3 Å². The van der Waals surface area contributed by atoms with Crippen LogP contribution in [0.25, 0.3) is 0 Å². The molecule has 4 heterocycles. The number of hydrogen-bond donors (Lipinski definition) is 0. The zero-order valence-corrected chi connectivity index (χ0v) is 17.5. The summed E-state index contributed by atoms with van der Waals surface area (Å²) >= 11 is 6.23. The maximum atomic E-state index is 12.9. The van der Waals surface area contributed by atoms with Crippen molar-refractivity contribution in [2.45, 2.75) is 37.9 Å². The molecule has 1 amide bonds. The van der Waals surface area contributed by atoms with Gasteiger partial charge in [-0.2, -0.15) is 0 Å². The van der Waals surface area contributed by atoms with Gasteiger partial charge in [0.25, 0.3) is 5.91 Å². The number of piperidine rings is 1. The third-order valence-electron chi connectivity index (χ3n) is 5.85. The van der Waals surface area contributed by atoms with Crippen LogP contribution in [0.4, 0.5) is 0 Å². The summed E-state index contributed by atoms with van der Waals surface area (Å²) in [4.78, 5) is 25.9. The molecule has 0 aliphatic carbocycles. The molecule has 0 aromatic carbocycles. The first-order valence-electron chi connectivity index (χ1n) is 10.2. The van der Waals surface area contributed by atoms with Gasteiger partial charge in [0.2, 0.25) is 0 Å². The molecule has 29 heavy (non-hydrogen) atoms. The van der Waals surface area contributed by atoms with Gasteiger partial charge in [-0.3, -0.25) is 14.8 Å². The molecule has 2 fully saturated rings. The lowest BCUT2D eigenvalue weighted by Crippen LogP contribution is -2.60. The lowest BCUT2D eigenvalue weighted by atomic mass is 9.88. The standard InChI is InChI=1S/C22H27ClN4O2/c1-17-15-27(21(28)20-6-2-3-10-25-20)16-22(29-17)8-13-26(14-9-22)12-7-19-18(23)5-4-11-24-19/h2-6,10-11,17H,7-9,12-16H2,1H3. The number of morpholine rings is 1. The highest BCUT2D eigenvalue weighted by Gasteiger charge is 2.43. The molecule has 4 rings (SSSR count). The summed E-state index contributed by atoms with van der Waals surface area (Å²) in [6.45, 7) is 6.12. The Morgan fingerprint density at radius 2 is 2.00 bits per heavy atom. The maximum Gasteiger partial charge on any atom is 0.272 e.